The summed E-state index contributed by atoms with van der Waals surface area (Å²) in [5.74, 6) is -0.124. The molecule has 0 unspecified atom stereocenters. The zero-order chi connectivity index (χ0) is 19.0. The molecule has 0 aromatic heterocycles. The number of carbonyl (C=O) groups excluding carboxylic acids is 3. The molecule has 0 aliphatic heterocycles. The summed E-state index contributed by atoms with van der Waals surface area (Å²) in [4.78, 5) is 34.8. The minimum Gasteiger partial charge on any atom is -0.444 e. The molecule has 0 heterocycles. The normalized spacial score (nSPS) is 13.0. The van der Waals surface area contributed by atoms with Crippen LogP contribution in [-0.4, -0.2) is 41.8 Å². The highest BCUT2D eigenvalue weighted by Gasteiger charge is 2.21. The van der Waals surface area contributed by atoms with Crippen molar-refractivity contribution in [3.63, 3.8) is 0 Å². The average molecular weight is 344 g/mol. The first-order chi connectivity index (χ1) is 10.8. The van der Waals surface area contributed by atoms with Gasteiger partial charge < -0.3 is 20.1 Å². The van der Waals surface area contributed by atoms with Crippen molar-refractivity contribution in [1.29, 1.82) is 0 Å². The lowest BCUT2D eigenvalue weighted by atomic mass is 10.1. The maximum atomic E-state index is 11.7. The third-order valence-corrected chi connectivity index (χ3v) is 2.77. The molecule has 0 rings (SSSR count). The number of hydrogen-bond donors (Lipinski definition) is 2. The summed E-state index contributed by atoms with van der Waals surface area (Å²) in [7, 11) is 0. The van der Waals surface area contributed by atoms with E-state index < -0.39 is 29.4 Å². The Kier molecular flexibility index (Phi) is 8.78. The van der Waals surface area contributed by atoms with E-state index in [1.165, 1.54) is 6.92 Å². The number of rotatable bonds is 7. The van der Waals surface area contributed by atoms with Gasteiger partial charge in [0.05, 0.1) is 6.04 Å². The Balaban J connectivity index is 4.09. The molecule has 0 aliphatic carbocycles. The quantitative estimate of drug-likeness (QED) is 0.692. The first-order valence-corrected chi connectivity index (χ1v) is 8.27. The molecule has 7 nitrogen and oxygen atoms in total. The zero-order valence-corrected chi connectivity index (χ0v) is 15.9. The van der Waals surface area contributed by atoms with Gasteiger partial charge in [-0.2, -0.15) is 0 Å². The van der Waals surface area contributed by atoms with Gasteiger partial charge in [-0.05, 0) is 67.7 Å². The van der Waals surface area contributed by atoms with Crippen LogP contribution in [0, 0.1) is 0 Å². The smallest absolute Gasteiger partial charge is 0.408 e. The van der Waals surface area contributed by atoms with Crippen LogP contribution in [0.5, 0.6) is 0 Å². The summed E-state index contributed by atoms with van der Waals surface area (Å²) in [5.41, 5.74) is -1.14. The predicted octanol–water partition coefficient (Wildman–Crippen LogP) is 3.16. The summed E-state index contributed by atoms with van der Waals surface area (Å²) >= 11 is 0. The SMILES string of the molecule is CC(=O)[C@H](CCCCNC(=O)OC(C)(C)C)NC(=O)OC(C)(C)C. The predicted molar refractivity (Wildman–Crippen MR) is 91.9 cm³/mol. The first kappa shape index (κ1) is 22.2. The van der Waals surface area contributed by atoms with Gasteiger partial charge in [-0.25, -0.2) is 9.59 Å². The maximum Gasteiger partial charge on any atom is 0.408 e. The molecule has 0 aromatic rings. The second-order valence-electron chi connectivity index (χ2n) is 7.73. The molecule has 0 spiro atoms. The molecule has 7 heteroatoms. The van der Waals surface area contributed by atoms with Crippen LogP contribution in [0.15, 0.2) is 0 Å². The summed E-state index contributed by atoms with van der Waals surface area (Å²) < 4.78 is 10.3. The van der Waals surface area contributed by atoms with Crippen LogP contribution in [0.2, 0.25) is 0 Å². The minimum atomic E-state index is -0.608. The lowest BCUT2D eigenvalue weighted by Gasteiger charge is -2.22. The fourth-order valence-corrected chi connectivity index (χ4v) is 1.80. The van der Waals surface area contributed by atoms with Crippen molar-refractivity contribution in [2.75, 3.05) is 6.54 Å². The Morgan fingerprint density at radius 3 is 1.83 bits per heavy atom. The van der Waals surface area contributed by atoms with E-state index in [-0.39, 0.29) is 5.78 Å². The number of amides is 2. The van der Waals surface area contributed by atoms with Gasteiger partial charge in [0.2, 0.25) is 0 Å². The van der Waals surface area contributed by atoms with Gasteiger partial charge in [-0.1, -0.05) is 0 Å². The Bertz CT molecular complexity index is 435. The van der Waals surface area contributed by atoms with E-state index in [0.717, 1.165) is 0 Å². The minimum absolute atomic E-state index is 0.124. The number of unbranched alkanes of at least 4 members (excludes halogenated alkanes) is 1. The van der Waals surface area contributed by atoms with Gasteiger partial charge in [0.15, 0.2) is 5.78 Å². The van der Waals surface area contributed by atoms with Crippen LogP contribution >= 0.6 is 0 Å². The molecule has 0 radical (unpaired) electrons. The van der Waals surface area contributed by atoms with Crippen molar-refractivity contribution >= 4 is 18.0 Å². The zero-order valence-electron chi connectivity index (χ0n) is 15.9. The van der Waals surface area contributed by atoms with E-state index in [4.69, 9.17) is 9.47 Å². The Morgan fingerprint density at radius 2 is 1.38 bits per heavy atom. The van der Waals surface area contributed by atoms with Gasteiger partial charge in [0.1, 0.15) is 11.2 Å². The highest BCUT2D eigenvalue weighted by atomic mass is 16.6. The molecule has 2 N–H and O–H groups in total. The van der Waals surface area contributed by atoms with Gasteiger partial charge in [0.25, 0.3) is 0 Å². The van der Waals surface area contributed by atoms with E-state index >= 15 is 0 Å². The third kappa shape index (κ3) is 12.7. The van der Waals surface area contributed by atoms with Crippen LogP contribution in [0.4, 0.5) is 9.59 Å². The highest BCUT2D eigenvalue weighted by molar-refractivity contribution is 5.85. The van der Waals surface area contributed by atoms with Gasteiger partial charge in [-0.15, -0.1) is 0 Å². The van der Waals surface area contributed by atoms with Crippen LogP contribution in [-0.2, 0) is 14.3 Å². The maximum absolute atomic E-state index is 11.7. The molecule has 24 heavy (non-hydrogen) atoms. The largest absolute Gasteiger partial charge is 0.444 e. The fourth-order valence-electron chi connectivity index (χ4n) is 1.80. The highest BCUT2D eigenvalue weighted by Crippen LogP contribution is 2.09. The van der Waals surface area contributed by atoms with Crippen LogP contribution in [0.25, 0.3) is 0 Å². The second kappa shape index (κ2) is 9.49. The fraction of sp³-hybridized carbons (Fsp3) is 0.824. The Morgan fingerprint density at radius 1 is 0.875 bits per heavy atom. The lowest BCUT2D eigenvalue weighted by molar-refractivity contribution is -0.119. The van der Waals surface area contributed by atoms with Crippen molar-refractivity contribution in [3.05, 3.63) is 0 Å². The van der Waals surface area contributed by atoms with Crippen molar-refractivity contribution in [1.82, 2.24) is 10.6 Å². The van der Waals surface area contributed by atoms with Crippen LogP contribution in [0.1, 0.15) is 67.7 Å². The van der Waals surface area contributed by atoms with E-state index in [1.54, 1.807) is 41.5 Å². The third-order valence-electron chi connectivity index (χ3n) is 2.77. The number of hydrogen-bond acceptors (Lipinski definition) is 5. The molecule has 1 atom stereocenters. The monoisotopic (exact) mass is 344 g/mol. The van der Waals surface area contributed by atoms with E-state index in [1.807, 2.05) is 0 Å². The Labute approximate surface area is 144 Å². The molecule has 0 saturated heterocycles. The molecule has 2 amide bonds. The van der Waals surface area contributed by atoms with E-state index in [2.05, 4.69) is 10.6 Å². The van der Waals surface area contributed by atoms with Gasteiger partial charge in [0, 0.05) is 6.54 Å². The number of Topliss-reactive ketones (excluding diaryl/α,β-unsaturated/α-hetero) is 1. The average Bonchev–Trinajstić information content (AvgIpc) is 2.32. The molecule has 0 aromatic carbocycles. The van der Waals surface area contributed by atoms with Crippen molar-refractivity contribution in [2.45, 2.75) is 85.0 Å². The topological polar surface area (TPSA) is 93.7 Å². The van der Waals surface area contributed by atoms with Gasteiger partial charge in [-0.3, -0.25) is 4.79 Å². The molecular formula is C17H32N2O5. The summed E-state index contributed by atoms with van der Waals surface area (Å²) in [6, 6.07) is -0.582. The van der Waals surface area contributed by atoms with Crippen LogP contribution < -0.4 is 10.6 Å². The molecule has 0 bridgehead atoms. The number of alkyl carbamates (subject to hydrolysis) is 2. The molecule has 140 valence electrons. The Hall–Kier alpha value is -1.79. The lowest BCUT2D eigenvalue weighted by Crippen LogP contribution is -2.42. The van der Waals surface area contributed by atoms with Crippen molar-refractivity contribution in [2.24, 2.45) is 0 Å². The van der Waals surface area contributed by atoms with Crippen molar-refractivity contribution in [3.8, 4) is 0 Å². The second-order valence-corrected chi connectivity index (χ2v) is 7.73. The molecule has 0 aliphatic rings. The number of ketones is 1. The number of ether oxygens (including phenoxy) is 2. The first-order valence-electron chi connectivity index (χ1n) is 8.27. The van der Waals surface area contributed by atoms with E-state index in [9.17, 15) is 14.4 Å². The summed E-state index contributed by atoms with van der Waals surface area (Å²) in [6.45, 7) is 12.6. The number of carbonyl (C=O) groups is 3. The molecule has 0 fully saturated rings. The van der Waals surface area contributed by atoms with Crippen molar-refractivity contribution < 1.29 is 23.9 Å². The standard InChI is InChI=1S/C17H32N2O5/c1-12(20)13(19-15(22)24-17(5,6)7)10-8-9-11-18-14(21)23-16(2,3)4/h13H,8-11H2,1-7H3,(H,18,21)(H,19,22)/t13-/m0/s1. The summed E-state index contributed by atoms with van der Waals surface area (Å²) in [5, 5.41) is 5.24. The number of nitrogens with one attached hydrogen (secondary N) is 2. The summed E-state index contributed by atoms with van der Waals surface area (Å²) in [6.07, 6.45) is 0.784. The van der Waals surface area contributed by atoms with E-state index in [0.29, 0.717) is 25.8 Å². The van der Waals surface area contributed by atoms with Gasteiger partial charge >= 0.3 is 12.2 Å². The molecular weight excluding hydrogens is 312 g/mol. The molecule has 0 saturated carbocycles. The van der Waals surface area contributed by atoms with Crippen LogP contribution in [0.3, 0.4) is 0 Å².